The van der Waals surface area contributed by atoms with E-state index in [0.717, 1.165) is 22.6 Å². The molecule has 122 valence electrons. The Bertz CT molecular complexity index is 775. The maximum atomic E-state index is 12.8. The minimum Gasteiger partial charge on any atom is -0.327 e. The van der Waals surface area contributed by atoms with Crippen molar-refractivity contribution in [2.24, 2.45) is 5.92 Å². The van der Waals surface area contributed by atoms with Crippen LogP contribution in [0.15, 0.2) is 48.5 Å². The highest BCUT2D eigenvalue weighted by Gasteiger charge is 2.46. The number of hydrogen-bond acceptors (Lipinski definition) is 1. The standard InChI is InChI=1S/C21H20ClNO/c1-3-12-23(14-16-10-8-15(2)9-11-16)21(24)19-13-18(19)17-6-4-5-7-20(17)22/h1,4-11,18-19H,12-14H2,2H3. The molecule has 24 heavy (non-hydrogen) atoms. The van der Waals surface area contributed by atoms with Crippen LogP contribution in [0.25, 0.3) is 0 Å². The molecule has 0 N–H and O–H groups in total. The minimum atomic E-state index is -0.0105. The second-order valence-corrected chi connectivity index (χ2v) is 6.76. The lowest BCUT2D eigenvalue weighted by Gasteiger charge is -2.21. The van der Waals surface area contributed by atoms with Gasteiger partial charge in [0.15, 0.2) is 0 Å². The van der Waals surface area contributed by atoms with Crippen LogP contribution in [0.1, 0.15) is 29.0 Å². The van der Waals surface area contributed by atoms with Gasteiger partial charge < -0.3 is 4.90 Å². The molecular formula is C21H20ClNO. The molecule has 3 rings (SSSR count). The average Bonchev–Trinajstić information content (AvgIpc) is 3.36. The zero-order valence-electron chi connectivity index (χ0n) is 13.7. The van der Waals surface area contributed by atoms with Gasteiger partial charge in [-0.2, -0.15) is 0 Å². The number of hydrogen-bond donors (Lipinski definition) is 0. The second-order valence-electron chi connectivity index (χ2n) is 6.35. The van der Waals surface area contributed by atoms with Crippen LogP contribution in [0.5, 0.6) is 0 Å². The zero-order valence-corrected chi connectivity index (χ0v) is 14.5. The Morgan fingerprint density at radius 2 is 1.96 bits per heavy atom. The van der Waals surface area contributed by atoms with Gasteiger partial charge in [-0.25, -0.2) is 0 Å². The van der Waals surface area contributed by atoms with E-state index in [2.05, 4.69) is 18.1 Å². The third-order valence-corrected chi connectivity index (χ3v) is 4.84. The minimum absolute atomic E-state index is 0.0105. The molecule has 0 saturated heterocycles. The van der Waals surface area contributed by atoms with Crippen molar-refractivity contribution in [1.29, 1.82) is 0 Å². The van der Waals surface area contributed by atoms with Gasteiger partial charge in [0.2, 0.25) is 5.91 Å². The number of nitrogens with zero attached hydrogens (tertiary/aromatic N) is 1. The van der Waals surface area contributed by atoms with Crippen molar-refractivity contribution in [1.82, 2.24) is 4.90 Å². The van der Waals surface area contributed by atoms with Crippen LogP contribution < -0.4 is 0 Å². The Balaban J connectivity index is 1.71. The molecular weight excluding hydrogens is 318 g/mol. The molecule has 3 heteroatoms. The normalized spacial score (nSPS) is 18.7. The van der Waals surface area contributed by atoms with Crippen molar-refractivity contribution < 1.29 is 4.79 Å². The Morgan fingerprint density at radius 3 is 2.62 bits per heavy atom. The lowest BCUT2D eigenvalue weighted by molar-refractivity contribution is -0.132. The highest BCUT2D eigenvalue weighted by Crippen LogP contribution is 2.50. The van der Waals surface area contributed by atoms with Crippen molar-refractivity contribution in [3.8, 4) is 12.3 Å². The molecule has 2 nitrogen and oxygen atoms in total. The fraction of sp³-hybridized carbons (Fsp3) is 0.286. The van der Waals surface area contributed by atoms with Crippen molar-refractivity contribution in [3.63, 3.8) is 0 Å². The number of aryl methyl sites for hydroxylation is 1. The molecule has 0 radical (unpaired) electrons. The summed E-state index contributed by atoms with van der Waals surface area (Å²) in [5.41, 5.74) is 3.36. The monoisotopic (exact) mass is 337 g/mol. The van der Waals surface area contributed by atoms with Gasteiger partial charge in [0.1, 0.15) is 0 Å². The first kappa shape index (κ1) is 16.6. The van der Waals surface area contributed by atoms with Gasteiger partial charge in [-0.1, -0.05) is 65.5 Å². The van der Waals surface area contributed by atoms with Crippen LogP contribution in [0, 0.1) is 25.2 Å². The van der Waals surface area contributed by atoms with Crippen molar-refractivity contribution in [2.75, 3.05) is 6.54 Å². The van der Waals surface area contributed by atoms with Crippen molar-refractivity contribution in [3.05, 3.63) is 70.2 Å². The lowest BCUT2D eigenvalue weighted by atomic mass is 10.1. The van der Waals surface area contributed by atoms with Gasteiger partial charge in [-0.05, 0) is 36.5 Å². The molecule has 1 saturated carbocycles. The molecule has 2 unspecified atom stereocenters. The largest absolute Gasteiger partial charge is 0.327 e. The molecule has 0 spiro atoms. The average molecular weight is 338 g/mol. The number of amides is 1. The number of carbonyl (C=O) groups is 1. The Hall–Kier alpha value is -2.24. The lowest BCUT2D eigenvalue weighted by Crippen LogP contribution is -2.32. The summed E-state index contributed by atoms with van der Waals surface area (Å²) in [6.07, 6.45) is 6.32. The summed E-state index contributed by atoms with van der Waals surface area (Å²) in [6.45, 7) is 2.93. The summed E-state index contributed by atoms with van der Waals surface area (Å²) in [6, 6.07) is 16.0. The third-order valence-electron chi connectivity index (χ3n) is 4.50. The highest BCUT2D eigenvalue weighted by atomic mass is 35.5. The van der Waals surface area contributed by atoms with E-state index in [1.165, 1.54) is 5.56 Å². The van der Waals surface area contributed by atoms with E-state index in [1.807, 2.05) is 43.3 Å². The first-order chi connectivity index (χ1) is 11.6. The first-order valence-electron chi connectivity index (χ1n) is 8.12. The van der Waals surface area contributed by atoms with E-state index in [1.54, 1.807) is 4.90 Å². The van der Waals surface area contributed by atoms with Gasteiger partial charge in [-0.3, -0.25) is 4.79 Å². The van der Waals surface area contributed by atoms with E-state index in [0.29, 0.717) is 13.1 Å². The fourth-order valence-corrected chi connectivity index (χ4v) is 3.33. The summed E-state index contributed by atoms with van der Waals surface area (Å²) in [5, 5.41) is 0.736. The van der Waals surface area contributed by atoms with Crippen LogP contribution in [0.3, 0.4) is 0 Å². The summed E-state index contributed by atoms with van der Waals surface area (Å²) < 4.78 is 0. The predicted octanol–water partition coefficient (Wildman–Crippen LogP) is 4.41. The molecule has 2 aromatic rings. The molecule has 0 bridgehead atoms. The molecule has 1 aliphatic carbocycles. The number of rotatable bonds is 5. The Morgan fingerprint density at radius 1 is 1.25 bits per heavy atom. The van der Waals surface area contributed by atoms with Gasteiger partial charge in [0.25, 0.3) is 0 Å². The maximum Gasteiger partial charge on any atom is 0.227 e. The predicted molar refractivity (Wildman–Crippen MR) is 97.7 cm³/mol. The topological polar surface area (TPSA) is 20.3 Å². The number of carbonyl (C=O) groups excluding carboxylic acids is 1. The van der Waals surface area contributed by atoms with E-state index in [-0.39, 0.29) is 17.7 Å². The van der Waals surface area contributed by atoms with Crippen molar-refractivity contribution >= 4 is 17.5 Å². The van der Waals surface area contributed by atoms with Gasteiger partial charge in [0.05, 0.1) is 6.54 Å². The number of halogens is 1. The summed E-state index contributed by atoms with van der Waals surface area (Å²) in [5.74, 6) is 2.93. The highest BCUT2D eigenvalue weighted by molar-refractivity contribution is 6.31. The first-order valence-corrected chi connectivity index (χ1v) is 8.50. The molecule has 0 aliphatic heterocycles. The molecule has 1 aliphatic rings. The summed E-state index contributed by atoms with van der Waals surface area (Å²) in [4.78, 5) is 14.6. The van der Waals surface area contributed by atoms with E-state index in [4.69, 9.17) is 18.0 Å². The van der Waals surface area contributed by atoms with E-state index in [9.17, 15) is 4.79 Å². The molecule has 1 fully saturated rings. The van der Waals surface area contributed by atoms with Crippen molar-refractivity contribution in [2.45, 2.75) is 25.8 Å². The van der Waals surface area contributed by atoms with Crippen LogP contribution in [0.4, 0.5) is 0 Å². The Kier molecular flexibility index (Phi) is 4.92. The maximum absolute atomic E-state index is 12.8. The molecule has 1 amide bonds. The second kappa shape index (κ2) is 7.11. The van der Waals surface area contributed by atoms with Crippen LogP contribution in [-0.4, -0.2) is 17.4 Å². The van der Waals surface area contributed by atoms with Gasteiger partial charge >= 0.3 is 0 Å². The van der Waals surface area contributed by atoms with Crippen LogP contribution in [-0.2, 0) is 11.3 Å². The summed E-state index contributed by atoms with van der Waals surface area (Å²) in [7, 11) is 0. The molecule has 0 heterocycles. The van der Waals surface area contributed by atoms with E-state index >= 15 is 0 Å². The van der Waals surface area contributed by atoms with Gasteiger partial charge in [0, 0.05) is 17.5 Å². The molecule has 0 aromatic heterocycles. The number of benzene rings is 2. The Labute approximate surface area is 148 Å². The van der Waals surface area contributed by atoms with Crippen LogP contribution in [0.2, 0.25) is 5.02 Å². The number of terminal acetylenes is 1. The van der Waals surface area contributed by atoms with Gasteiger partial charge in [-0.15, -0.1) is 6.42 Å². The third kappa shape index (κ3) is 3.63. The fourth-order valence-electron chi connectivity index (χ4n) is 3.06. The summed E-state index contributed by atoms with van der Waals surface area (Å²) >= 11 is 6.26. The quantitative estimate of drug-likeness (QED) is 0.740. The SMILES string of the molecule is C#CCN(Cc1ccc(C)cc1)C(=O)C1CC1c1ccccc1Cl. The molecule has 2 aromatic carbocycles. The van der Waals surface area contributed by atoms with E-state index < -0.39 is 0 Å². The van der Waals surface area contributed by atoms with Crippen LogP contribution >= 0.6 is 11.6 Å². The smallest absolute Gasteiger partial charge is 0.227 e. The zero-order chi connectivity index (χ0) is 17.1. The molecule has 2 atom stereocenters.